The molecule has 2 aliphatic heterocycles. The monoisotopic (exact) mass is 386 g/mol. The van der Waals surface area contributed by atoms with Gasteiger partial charge in [0.25, 0.3) is 5.91 Å². The Morgan fingerprint density at radius 3 is 2.46 bits per heavy atom. The summed E-state index contributed by atoms with van der Waals surface area (Å²) in [5, 5.41) is 15.8. The quantitative estimate of drug-likeness (QED) is 0.418. The van der Waals surface area contributed by atoms with E-state index in [2.05, 4.69) is 20.4 Å². The van der Waals surface area contributed by atoms with Gasteiger partial charge in [0.2, 0.25) is 0 Å². The first kappa shape index (κ1) is 20.1. The average molecular weight is 386 g/mol. The number of amides is 1. The van der Waals surface area contributed by atoms with Crippen LogP contribution in [-0.2, 0) is 4.79 Å². The first-order valence-electron chi connectivity index (χ1n) is 9.74. The Kier molecular flexibility index (Phi) is 7.23. The number of benzene rings is 1. The number of anilines is 1. The predicted octanol–water partition coefficient (Wildman–Crippen LogP) is 0.377. The molecular formula is C20H27FN6O. The van der Waals surface area contributed by atoms with Crippen molar-refractivity contribution in [1.82, 2.24) is 20.4 Å². The summed E-state index contributed by atoms with van der Waals surface area (Å²) in [6.07, 6.45) is 1.54. The fourth-order valence-corrected chi connectivity index (χ4v) is 3.46. The highest BCUT2D eigenvalue weighted by atomic mass is 19.1. The maximum atomic E-state index is 13.1. The molecule has 1 aromatic carbocycles. The number of nitrogens with zero attached hydrogens (tertiary/aromatic N) is 4. The van der Waals surface area contributed by atoms with Gasteiger partial charge in [0.1, 0.15) is 17.5 Å². The molecule has 3 rings (SSSR count). The van der Waals surface area contributed by atoms with Crippen LogP contribution in [0.2, 0.25) is 0 Å². The van der Waals surface area contributed by atoms with E-state index in [4.69, 9.17) is 0 Å². The van der Waals surface area contributed by atoms with Crippen molar-refractivity contribution in [2.45, 2.75) is 0 Å². The Bertz CT molecular complexity index is 715. The Labute approximate surface area is 165 Å². The normalized spacial score (nSPS) is 18.6. The molecule has 0 aromatic heterocycles. The van der Waals surface area contributed by atoms with Gasteiger partial charge in [-0.05, 0) is 24.3 Å². The summed E-state index contributed by atoms with van der Waals surface area (Å²) in [7, 11) is 0. The van der Waals surface area contributed by atoms with Crippen LogP contribution in [0.15, 0.2) is 36.0 Å². The van der Waals surface area contributed by atoms with Crippen molar-refractivity contribution in [1.29, 1.82) is 5.26 Å². The van der Waals surface area contributed by atoms with Gasteiger partial charge in [-0.1, -0.05) is 0 Å². The van der Waals surface area contributed by atoms with Crippen LogP contribution in [0.3, 0.4) is 0 Å². The summed E-state index contributed by atoms with van der Waals surface area (Å²) in [4.78, 5) is 18.8. The number of hydrogen-bond acceptors (Lipinski definition) is 6. The molecule has 0 saturated carbocycles. The van der Waals surface area contributed by atoms with Crippen molar-refractivity contribution >= 4 is 11.6 Å². The zero-order valence-corrected chi connectivity index (χ0v) is 16.0. The number of hydrogen-bond donors (Lipinski definition) is 2. The number of nitriles is 1. The van der Waals surface area contributed by atoms with Crippen LogP contribution in [0.5, 0.6) is 0 Å². The molecule has 1 amide bonds. The average Bonchev–Trinajstić information content (AvgIpc) is 2.75. The van der Waals surface area contributed by atoms with Crippen LogP contribution >= 0.6 is 0 Å². The van der Waals surface area contributed by atoms with Gasteiger partial charge in [0.05, 0.1) is 0 Å². The summed E-state index contributed by atoms with van der Waals surface area (Å²) >= 11 is 0. The van der Waals surface area contributed by atoms with Crippen LogP contribution < -0.4 is 15.5 Å². The van der Waals surface area contributed by atoms with Crippen molar-refractivity contribution in [2.24, 2.45) is 0 Å². The summed E-state index contributed by atoms with van der Waals surface area (Å²) in [6.45, 7) is 8.04. The molecule has 0 unspecified atom stereocenters. The van der Waals surface area contributed by atoms with Crippen LogP contribution in [-0.4, -0.2) is 81.2 Å². The molecule has 0 atom stereocenters. The van der Waals surface area contributed by atoms with E-state index < -0.39 is 0 Å². The van der Waals surface area contributed by atoms with Gasteiger partial charge < -0.3 is 20.4 Å². The lowest BCUT2D eigenvalue weighted by atomic mass is 10.2. The van der Waals surface area contributed by atoms with E-state index in [1.807, 2.05) is 6.07 Å². The SMILES string of the molecule is N#C/C(=C/NCCN1CCNCC1)C(=O)N1CCN(c2ccc(F)cc2)CC1. The molecule has 0 radical (unpaired) electrons. The van der Waals surface area contributed by atoms with Crippen LogP contribution in [0, 0.1) is 17.1 Å². The topological polar surface area (TPSA) is 74.6 Å². The minimum Gasteiger partial charge on any atom is -0.388 e. The molecule has 0 aliphatic carbocycles. The molecule has 2 N–H and O–H groups in total. The van der Waals surface area contributed by atoms with E-state index in [1.165, 1.54) is 18.3 Å². The summed E-state index contributed by atoms with van der Waals surface area (Å²) in [5.41, 5.74) is 1.08. The molecule has 2 aliphatic rings. The second kappa shape index (κ2) is 10.1. The van der Waals surface area contributed by atoms with E-state index in [0.717, 1.165) is 38.4 Å². The van der Waals surface area contributed by atoms with Crippen LogP contribution in [0.4, 0.5) is 10.1 Å². The standard InChI is InChI=1S/C20H27FN6O/c21-18-1-3-19(4-2-18)26-11-13-27(14-12-26)20(28)17(15-22)16-24-7-10-25-8-5-23-6-9-25/h1-4,16,23-24H,5-14H2/b17-16-. The van der Waals surface area contributed by atoms with Crippen molar-refractivity contribution < 1.29 is 9.18 Å². The maximum absolute atomic E-state index is 13.1. The summed E-state index contributed by atoms with van der Waals surface area (Å²) in [6, 6.07) is 8.39. The highest BCUT2D eigenvalue weighted by Crippen LogP contribution is 2.17. The number of carbonyl (C=O) groups excluding carboxylic acids is 1. The van der Waals surface area contributed by atoms with Gasteiger partial charge in [-0.15, -0.1) is 0 Å². The maximum Gasteiger partial charge on any atom is 0.266 e. The fourth-order valence-electron chi connectivity index (χ4n) is 3.46. The third-order valence-corrected chi connectivity index (χ3v) is 5.14. The summed E-state index contributed by atoms with van der Waals surface area (Å²) in [5.74, 6) is -0.498. The van der Waals surface area contributed by atoms with E-state index >= 15 is 0 Å². The molecule has 0 spiro atoms. The first-order valence-corrected chi connectivity index (χ1v) is 9.74. The summed E-state index contributed by atoms with van der Waals surface area (Å²) < 4.78 is 13.1. The Hall–Kier alpha value is -2.63. The molecule has 0 bridgehead atoms. The highest BCUT2D eigenvalue weighted by molar-refractivity contribution is 5.97. The first-order chi connectivity index (χ1) is 13.7. The van der Waals surface area contributed by atoms with Gasteiger partial charge in [-0.2, -0.15) is 5.26 Å². The Balaban J connectivity index is 1.45. The molecular weight excluding hydrogens is 359 g/mol. The largest absolute Gasteiger partial charge is 0.388 e. The van der Waals surface area contributed by atoms with Gasteiger partial charge in [-0.25, -0.2) is 4.39 Å². The van der Waals surface area contributed by atoms with Crippen molar-refractivity contribution in [2.75, 3.05) is 70.3 Å². The zero-order valence-electron chi connectivity index (χ0n) is 16.0. The second-order valence-electron chi connectivity index (χ2n) is 6.97. The van der Waals surface area contributed by atoms with Gasteiger partial charge in [0.15, 0.2) is 0 Å². The fraction of sp³-hybridized carbons (Fsp3) is 0.500. The minimum absolute atomic E-state index is 0.135. The molecule has 1 aromatic rings. The smallest absolute Gasteiger partial charge is 0.266 e. The van der Waals surface area contributed by atoms with Crippen molar-refractivity contribution in [3.63, 3.8) is 0 Å². The molecule has 8 heteroatoms. The lowest BCUT2D eigenvalue weighted by Gasteiger charge is -2.36. The number of piperazine rings is 2. The zero-order chi connectivity index (χ0) is 19.8. The predicted molar refractivity (Wildman–Crippen MR) is 106 cm³/mol. The van der Waals surface area contributed by atoms with Gasteiger partial charge in [0, 0.05) is 77.3 Å². The molecule has 2 fully saturated rings. The second-order valence-corrected chi connectivity index (χ2v) is 6.97. The highest BCUT2D eigenvalue weighted by Gasteiger charge is 2.23. The Morgan fingerprint density at radius 1 is 1.14 bits per heavy atom. The number of carbonyl (C=O) groups is 1. The van der Waals surface area contributed by atoms with Crippen LogP contribution in [0.25, 0.3) is 0 Å². The van der Waals surface area contributed by atoms with Gasteiger partial charge >= 0.3 is 0 Å². The molecule has 2 saturated heterocycles. The lowest BCUT2D eigenvalue weighted by molar-refractivity contribution is -0.127. The van der Waals surface area contributed by atoms with E-state index in [9.17, 15) is 14.4 Å². The molecule has 150 valence electrons. The van der Waals surface area contributed by atoms with Crippen LogP contribution in [0.1, 0.15) is 0 Å². The van der Waals surface area contributed by atoms with E-state index in [1.54, 1.807) is 17.0 Å². The van der Waals surface area contributed by atoms with Gasteiger partial charge in [-0.3, -0.25) is 9.69 Å². The molecule has 2 heterocycles. The molecule has 28 heavy (non-hydrogen) atoms. The number of rotatable bonds is 6. The lowest BCUT2D eigenvalue weighted by Crippen LogP contribution is -2.49. The Morgan fingerprint density at radius 2 is 1.82 bits per heavy atom. The number of halogens is 1. The van der Waals surface area contributed by atoms with Crippen molar-refractivity contribution in [3.05, 3.63) is 41.9 Å². The minimum atomic E-state index is -0.259. The number of nitrogens with one attached hydrogen (secondary N) is 2. The van der Waals surface area contributed by atoms with Crippen molar-refractivity contribution in [3.8, 4) is 6.07 Å². The molecule has 7 nitrogen and oxygen atoms in total. The third kappa shape index (κ3) is 5.44. The van der Waals surface area contributed by atoms with E-state index in [0.29, 0.717) is 32.7 Å². The van der Waals surface area contributed by atoms with E-state index in [-0.39, 0.29) is 17.3 Å². The third-order valence-electron chi connectivity index (χ3n) is 5.14.